The Morgan fingerprint density at radius 2 is 1.70 bits per heavy atom. The van der Waals surface area contributed by atoms with Crippen molar-refractivity contribution in [2.45, 2.75) is 51.5 Å². The molecule has 1 aliphatic rings. The maximum atomic E-state index is 6.29. The molecule has 1 aliphatic carbocycles. The van der Waals surface area contributed by atoms with E-state index in [1.165, 1.54) is 38.5 Å². The van der Waals surface area contributed by atoms with Crippen molar-refractivity contribution in [3.8, 4) is 0 Å². The summed E-state index contributed by atoms with van der Waals surface area (Å²) in [5.74, 6) is 1.40. The maximum Gasteiger partial charge on any atom is 0.159 e. The third-order valence-electron chi connectivity index (χ3n) is 4.48. The van der Waals surface area contributed by atoms with E-state index in [0.29, 0.717) is 17.5 Å². The van der Waals surface area contributed by atoms with Crippen molar-refractivity contribution in [2.24, 2.45) is 0 Å². The lowest BCUT2D eigenvalue weighted by molar-refractivity contribution is 0.618. The topological polar surface area (TPSA) is 75.9 Å². The fraction of sp³-hybridized carbons (Fsp3) is 0.444. The fourth-order valence-electron chi connectivity index (χ4n) is 3.07. The molecule has 4 N–H and O–H groups in total. The molecule has 0 amide bonds. The standard InChI is InChI=1S/C18H25N5/c1-13-8-6-7-11-15(13)23-18-16(19)17(20-12-21-18)22-14-9-4-2-3-5-10-14/h6-8,11-12,14H,2-5,9-10,19H2,1H3,(H2,20,21,22,23). The Morgan fingerprint density at radius 3 is 2.43 bits per heavy atom. The number of nitrogens with two attached hydrogens (primary N) is 1. The largest absolute Gasteiger partial charge is 0.393 e. The van der Waals surface area contributed by atoms with Crippen LogP contribution in [-0.2, 0) is 0 Å². The summed E-state index contributed by atoms with van der Waals surface area (Å²) in [5, 5.41) is 6.83. The van der Waals surface area contributed by atoms with Crippen molar-refractivity contribution in [1.82, 2.24) is 9.97 Å². The first-order chi connectivity index (χ1) is 11.2. The van der Waals surface area contributed by atoms with Crippen LogP contribution in [0.4, 0.5) is 23.0 Å². The van der Waals surface area contributed by atoms with Gasteiger partial charge in [0, 0.05) is 11.7 Å². The zero-order chi connectivity index (χ0) is 16.1. The van der Waals surface area contributed by atoms with Gasteiger partial charge in [-0.25, -0.2) is 9.97 Å². The summed E-state index contributed by atoms with van der Waals surface area (Å²) in [7, 11) is 0. The number of anilines is 4. The Morgan fingerprint density at radius 1 is 1.00 bits per heavy atom. The normalized spacial score (nSPS) is 15.9. The summed E-state index contributed by atoms with van der Waals surface area (Å²) >= 11 is 0. The molecule has 0 bridgehead atoms. The molecule has 3 rings (SSSR count). The second-order valence-electron chi connectivity index (χ2n) is 6.26. The van der Waals surface area contributed by atoms with Crippen molar-refractivity contribution in [2.75, 3.05) is 16.4 Å². The van der Waals surface area contributed by atoms with Crippen LogP contribution in [0.25, 0.3) is 0 Å². The van der Waals surface area contributed by atoms with Gasteiger partial charge in [-0.05, 0) is 31.4 Å². The van der Waals surface area contributed by atoms with Gasteiger partial charge in [-0.15, -0.1) is 0 Å². The van der Waals surface area contributed by atoms with Crippen molar-refractivity contribution >= 4 is 23.0 Å². The highest BCUT2D eigenvalue weighted by Gasteiger charge is 2.15. The van der Waals surface area contributed by atoms with Crippen LogP contribution in [0.3, 0.4) is 0 Å². The lowest BCUT2D eigenvalue weighted by atomic mass is 10.1. The molecule has 5 heteroatoms. The van der Waals surface area contributed by atoms with Crippen molar-refractivity contribution < 1.29 is 0 Å². The highest BCUT2D eigenvalue weighted by molar-refractivity contribution is 5.78. The van der Waals surface area contributed by atoms with Gasteiger partial charge in [0.15, 0.2) is 11.6 Å². The first-order valence-corrected chi connectivity index (χ1v) is 8.43. The number of para-hydroxylation sites is 1. The van der Waals surface area contributed by atoms with Gasteiger partial charge in [-0.2, -0.15) is 0 Å². The summed E-state index contributed by atoms with van der Waals surface area (Å²) < 4.78 is 0. The molecule has 0 saturated heterocycles. The van der Waals surface area contributed by atoms with Gasteiger partial charge in [-0.3, -0.25) is 0 Å². The van der Waals surface area contributed by atoms with Crippen LogP contribution in [0.2, 0.25) is 0 Å². The van der Waals surface area contributed by atoms with E-state index in [2.05, 4.69) is 33.6 Å². The molecule has 0 radical (unpaired) electrons. The molecule has 122 valence electrons. The summed E-state index contributed by atoms with van der Waals surface area (Å²) in [5.41, 5.74) is 9.04. The van der Waals surface area contributed by atoms with E-state index in [-0.39, 0.29) is 0 Å². The minimum Gasteiger partial charge on any atom is -0.393 e. The monoisotopic (exact) mass is 311 g/mol. The Hall–Kier alpha value is -2.30. The van der Waals surface area contributed by atoms with Gasteiger partial charge < -0.3 is 16.4 Å². The van der Waals surface area contributed by atoms with Crippen LogP contribution in [0.5, 0.6) is 0 Å². The third-order valence-corrected chi connectivity index (χ3v) is 4.48. The van der Waals surface area contributed by atoms with Crippen molar-refractivity contribution in [1.29, 1.82) is 0 Å². The molecule has 23 heavy (non-hydrogen) atoms. The molecule has 0 spiro atoms. The zero-order valence-corrected chi connectivity index (χ0v) is 13.7. The van der Waals surface area contributed by atoms with Crippen molar-refractivity contribution in [3.63, 3.8) is 0 Å². The number of hydrogen-bond donors (Lipinski definition) is 3. The van der Waals surface area contributed by atoms with Gasteiger partial charge in [0.2, 0.25) is 0 Å². The summed E-state index contributed by atoms with van der Waals surface area (Å²) in [6.07, 6.45) is 9.15. The molecular weight excluding hydrogens is 286 g/mol. The van der Waals surface area contributed by atoms with Crippen LogP contribution >= 0.6 is 0 Å². The van der Waals surface area contributed by atoms with E-state index in [0.717, 1.165) is 17.1 Å². The molecule has 1 fully saturated rings. The minimum atomic E-state index is 0.459. The van der Waals surface area contributed by atoms with Crippen LogP contribution in [0.1, 0.15) is 44.1 Å². The molecule has 1 aromatic carbocycles. The SMILES string of the molecule is Cc1ccccc1Nc1ncnc(NC2CCCCCC2)c1N. The van der Waals surface area contributed by atoms with E-state index in [1.807, 2.05) is 18.2 Å². The van der Waals surface area contributed by atoms with Gasteiger partial charge in [0.1, 0.15) is 12.0 Å². The molecular formula is C18H25N5. The van der Waals surface area contributed by atoms with Crippen LogP contribution in [0.15, 0.2) is 30.6 Å². The van der Waals surface area contributed by atoms with E-state index in [1.54, 1.807) is 6.33 Å². The first-order valence-electron chi connectivity index (χ1n) is 8.43. The number of benzene rings is 1. The molecule has 5 nitrogen and oxygen atoms in total. The smallest absolute Gasteiger partial charge is 0.159 e. The molecule has 1 aromatic heterocycles. The highest BCUT2D eigenvalue weighted by atomic mass is 15.1. The van der Waals surface area contributed by atoms with E-state index in [4.69, 9.17) is 5.73 Å². The predicted octanol–water partition coefficient (Wildman–Crippen LogP) is 4.25. The average molecular weight is 311 g/mol. The second kappa shape index (κ2) is 7.31. The Bertz CT molecular complexity index is 648. The number of nitrogen functional groups attached to an aromatic ring is 1. The number of aromatic nitrogens is 2. The first kappa shape index (κ1) is 15.6. The van der Waals surface area contributed by atoms with E-state index in [9.17, 15) is 0 Å². The molecule has 0 atom stereocenters. The Kier molecular flexibility index (Phi) is 4.95. The lowest BCUT2D eigenvalue weighted by Crippen LogP contribution is -2.20. The van der Waals surface area contributed by atoms with E-state index >= 15 is 0 Å². The number of nitrogens with zero attached hydrogens (tertiary/aromatic N) is 2. The molecule has 1 heterocycles. The summed E-state index contributed by atoms with van der Waals surface area (Å²) in [6, 6.07) is 8.56. The summed E-state index contributed by atoms with van der Waals surface area (Å²) in [6.45, 7) is 2.06. The maximum absolute atomic E-state index is 6.29. The minimum absolute atomic E-state index is 0.459. The Balaban J connectivity index is 1.76. The second-order valence-corrected chi connectivity index (χ2v) is 6.26. The van der Waals surface area contributed by atoms with Crippen LogP contribution in [-0.4, -0.2) is 16.0 Å². The molecule has 0 unspecified atom stereocenters. The molecule has 2 aromatic rings. The Labute approximate surface area is 137 Å². The fourth-order valence-corrected chi connectivity index (χ4v) is 3.07. The number of nitrogens with one attached hydrogen (secondary N) is 2. The van der Waals surface area contributed by atoms with Crippen LogP contribution in [0, 0.1) is 6.92 Å². The lowest BCUT2D eigenvalue weighted by Gasteiger charge is -2.19. The number of rotatable bonds is 4. The van der Waals surface area contributed by atoms with Crippen molar-refractivity contribution in [3.05, 3.63) is 36.2 Å². The van der Waals surface area contributed by atoms with Gasteiger partial charge in [-0.1, -0.05) is 43.9 Å². The van der Waals surface area contributed by atoms with Gasteiger partial charge in [0.25, 0.3) is 0 Å². The van der Waals surface area contributed by atoms with E-state index < -0.39 is 0 Å². The number of hydrogen-bond acceptors (Lipinski definition) is 5. The third kappa shape index (κ3) is 3.92. The average Bonchev–Trinajstić information content (AvgIpc) is 2.82. The molecule has 0 aliphatic heterocycles. The number of aryl methyl sites for hydroxylation is 1. The van der Waals surface area contributed by atoms with Gasteiger partial charge >= 0.3 is 0 Å². The highest BCUT2D eigenvalue weighted by Crippen LogP contribution is 2.29. The van der Waals surface area contributed by atoms with Gasteiger partial charge in [0.05, 0.1) is 0 Å². The van der Waals surface area contributed by atoms with Crippen LogP contribution < -0.4 is 16.4 Å². The quantitative estimate of drug-likeness (QED) is 0.736. The summed E-state index contributed by atoms with van der Waals surface area (Å²) in [4.78, 5) is 8.64. The zero-order valence-electron chi connectivity index (χ0n) is 13.7. The molecule has 1 saturated carbocycles. The predicted molar refractivity (Wildman–Crippen MR) is 96.0 cm³/mol.